The highest BCUT2D eigenvalue weighted by Gasteiger charge is 2.16. The van der Waals surface area contributed by atoms with Crippen molar-refractivity contribution in [3.8, 4) is 10.6 Å². The van der Waals surface area contributed by atoms with Gasteiger partial charge in [-0.1, -0.05) is 31.9 Å². The van der Waals surface area contributed by atoms with E-state index in [0.29, 0.717) is 12.5 Å². The molecule has 1 aromatic heterocycles. The minimum absolute atomic E-state index is 0.388. The number of amides is 1. The summed E-state index contributed by atoms with van der Waals surface area (Å²) in [6.07, 6.45) is 6.35. The molecule has 1 aliphatic heterocycles. The Kier molecular flexibility index (Phi) is 7.66. The van der Waals surface area contributed by atoms with Gasteiger partial charge in [-0.15, -0.1) is 11.3 Å². The average molecular weight is 388 g/mol. The molecular weight excluding hydrogens is 358 g/mol. The second-order valence-electron chi connectivity index (χ2n) is 7.06. The van der Waals surface area contributed by atoms with Gasteiger partial charge in [0.05, 0.1) is 18.0 Å². The number of unbranched alkanes of at least 4 members (excludes halogenated alkanes) is 2. The molecule has 0 atom stereocenters. The van der Waals surface area contributed by atoms with Crippen molar-refractivity contribution in [2.45, 2.75) is 45.4 Å². The van der Waals surface area contributed by atoms with Gasteiger partial charge in [-0.25, -0.2) is 9.78 Å². The van der Waals surface area contributed by atoms with Crippen LogP contribution in [0.1, 0.15) is 44.7 Å². The number of para-hydroxylation sites is 1. The summed E-state index contributed by atoms with van der Waals surface area (Å²) < 4.78 is 5.45. The number of carbonyl (C=O) groups excluding carboxylic acids is 1. The number of nitrogens with zero attached hydrogens (tertiary/aromatic N) is 1. The van der Waals surface area contributed by atoms with Crippen molar-refractivity contribution in [3.05, 3.63) is 35.3 Å². The standard InChI is InChI=1S/C21H29N3O2S/c1-2-3-4-7-17-15-27-20(23-17)18-8-5-6-9-19(18)24-21(25)26-14-16-10-12-22-13-11-16/h5-6,8-9,15-16,22H,2-4,7,10-14H2,1H3,(H,24,25). The monoisotopic (exact) mass is 387 g/mol. The van der Waals surface area contributed by atoms with Gasteiger partial charge in [0.15, 0.2) is 0 Å². The lowest BCUT2D eigenvalue weighted by Gasteiger charge is -2.22. The fourth-order valence-corrected chi connectivity index (χ4v) is 4.16. The van der Waals surface area contributed by atoms with E-state index in [-0.39, 0.29) is 6.09 Å². The Morgan fingerprint density at radius 3 is 2.93 bits per heavy atom. The highest BCUT2D eigenvalue weighted by Crippen LogP contribution is 2.31. The molecule has 0 spiro atoms. The number of hydrogen-bond donors (Lipinski definition) is 2. The van der Waals surface area contributed by atoms with Crippen LogP contribution in [0.15, 0.2) is 29.6 Å². The van der Waals surface area contributed by atoms with Gasteiger partial charge in [-0.3, -0.25) is 5.32 Å². The molecule has 0 saturated carbocycles. The molecule has 0 radical (unpaired) electrons. The Labute approximate surface area is 165 Å². The molecule has 2 aromatic rings. The largest absolute Gasteiger partial charge is 0.449 e. The van der Waals surface area contributed by atoms with E-state index in [1.54, 1.807) is 11.3 Å². The SMILES string of the molecule is CCCCCc1csc(-c2ccccc2NC(=O)OCC2CCNCC2)n1. The number of aromatic nitrogens is 1. The molecule has 2 N–H and O–H groups in total. The van der Waals surface area contributed by atoms with Crippen LogP contribution in [0, 0.1) is 5.92 Å². The lowest BCUT2D eigenvalue weighted by Crippen LogP contribution is -2.31. The molecule has 1 aromatic carbocycles. The third-order valence-electron chi connectivity index (χ3n) is 4.89. The maximum atomic E-state index is 12.3. The van der Waals surface area contributed by atoms with Crippen LogP contribution in [0.25, 0.3) is 10.6 Å². The first-order valence-electron chi connectivity index (χ1n) is 9.94. The molecule has 2 heterocycles. The Hall–Kier alpha value is -1.92. The number of rotatable bonds is 8. The molecule has 1 amide bonds. The molecule has 1 fully saturated rings. The first-order chi connectivity index (χ1) is 13.3. The van der Waals surface area contributed by atoms with Gasteiger partial charge in [0.2, 0.25) is 0 Å². The smallest absolute Gasteiger partial charge is 0.411 e. The Morgan fingerprint density at radius 1 is 1.30 bits per heavy atom. The molecule has 27 heavy (non-hydrogen) atoms. The van der Waals surface area contributed by atoms with Gasteiger partial charge >= 0.3 is 6.09 Å². The number of nitrogens with one attached hydrogen (secondary N) is 2. The van der Waals surface area contributed by atoms with Crippen molar-refractivity contribution in [2.75, 3.05) is 25.0 Å². The predicted molar refractivity (Wildman–Crippen MR) is 111 cm³/mol. The van der Waals surface area contributed by atoms with E-state index in [1.165, 1.54) is 19.3 Å². The normalized spacial score (nSPS) is 14.9. The summed E-state index contributed by atoms with van der Waals surface area (Å²) in [5, 5.41) is 9.29. The molecule has 6 heteroatoms. The zero-order valence-electron chi connectivity index (χ0n) is 16.0. The van der Waals surface area contributed by atoms with Gasteiger partial charge in [0.1, 0.15) is 5.01 Å². The number of carbonyl (C=O) groups is 1. The maximum absolute atomic E-state index is 12.3. The van der Waals surface area contributed by atoms with E-state index < -0.39 is 0 Å². The predicted octanol–water partition coefficient (Wildman–Crippen LogP) is 5.09. The fourth-order valence-electron chi connectivity index (χ4n) is 3.27. The number of thiazole rings is 1. The van der Waals surface area contributed by atoms with Crippen molar-refractivity contribution in [3.63, 3.8) is 0 Å². The van der Waals surface area contributed by atoms with E-state index in [4.69, 9.17) is 9.72 Å². The minimum atomic E-state index is -0.388. The van der Waals surface area contributed by atoms with Crippen molar-refractivity contribution >= 4 is 23.1 Å². The molecule has 0 unspecified atom stereocenters. The summed E-state index contributed by atoms with van der Waals surface area (Å²) >= 11 is 1.63. The fraction of sp³-hybridized carbons (Fsp3) is 0.524. The van der Waals surface area contributed by atoms with Gasteiger partial charge < -0.3 is 10.1 Å². The maximum Gasteiger partial charge on any atom is 0.411 e. The second-order valence-corrected chi connectivity index (χ2v) is 7.92. The van der Waals surface area contributed by atoms with Gasteiger partial charge in [-0.05, 0) is 56.8 Å². The molecular formula is C21H29N3O2S. The number of piperidine rings is 1. The number of hydrogen-bond acceptors (Lipinski definition) is 5. The molecule has 5 nitrogen and oxygen atoms in total. The Balaban J connectivity index is 1.59. The van der Waals surface area contributed by atoms with Crippen LogP contribution in [0.3, 0.4) is 0 Å². The van der Waals surface area contributed by atoms with Gasteiger partial charge in [0.25, 0.3) is 0 Å². The van der Waals surface area contributed by atoms with Crippen molar-refractivity contribution in [1.82, 2.24) is 10.3 Å². The van der Waals surface area contributed by atoms with Crippen LogP contribution in [-0.4, -0.2) is 30.8 Å². The zero-order valence-corrected chi connectivity index (χ0v) is 16.8. The summed E-state index contributed by atoms with van der Waals surface area (Å²) in [4.78, 5) is 17.0. The molecule has 0 aliphatic carbocycles. The minimum Gasteiger partial charge on any atom is -0.449 e. The summed E-state index contributed by atoms with van der Waals surface area (Å²) in [5.41, 5.74) is 2.83. The summed E-state index contributed by atoms with van der Waals surface area (Å²) in [7, 11) is 0. The van der Waals surface area contributed by atoms with Crippen molar-refractivity contribution < 1.29 is 9.53 Å². The number of aryl methyl sites for hydroxylation is 1. The zero-order chi connectivity index (χ0) is 18.9. The third kappa shape index (κ3) is 6.04. The van der Waals surface area contributed by atoms with Crippen LogP contribution in [0.5, 0.6) is 0 Å². The summed E-state index contributed by atoms with van der Waals surface area (Å²) in [6.45, 7) is 4.69. The van der Waals surface area contributed by atoms with E-state index in [9.17, 15) is 4.79 Å². The topological polar surface area (TPSA) is 63.2 Å². The van der Waals surface area contributed by atoms with Crippen LogP contribution in [-0.2, 0) is 11.2 Å². The number of ether oxygens (including phenoxy) is 1. The molecule has 0 bridgehead atoms. The van der Waals surface area contributed by atoms with Gasteiger partial charge in [0, 0.05) is 10.9 Å². The lowest BCUT2D eigenvalue weighted by molar-refractivity contribution is 0.131. The average Bonchev–Trinajstić information content (AvgIpc) is 3.17. The lowest BCUT2D eigenvalue weighted by atomic mass is 9.99. The highest BCUT2D eigenvalue weighted by atomic mass is 32.1. The van der Waals surface area contributed by atoms with Crippen LogP contribution >= 0.6 is 11.3 Å². The van der Waals surface area contributed by atoms with Gasteiger partial charge in [-0.2, -0.15) is 0 Å². The van der Waals surface area contributed by atoms with Crippen LogP contribution in [0.2, 0.25) is 0 Å². The molecule has 1 aliphatic rings. The quantitative estimate of drug-likeness (QED) is 0.619. The Bertz CT molecular complexity index is 726. The highest BCUT2D eigenvalue weighted by molar-refractivity contribution is 7.13. The summed E-state index contributed by atoms with van der Waals surface area (Å²) in [5.74, 6) is 0.455. The van der Waals surface area contributed by atoms with E-state index in [0.717, 1.165) is 54.3 Å². The molecule has 146 valence electrons. The Morgan fingerprint density at radius 2 is 2.11 bits per heavy atom. The van der Waals surface area contributed by atoms with E-state index >= 15 is 0 Å². The molecule has 1 saturated heterocycles. The number of anilines is 1. The number of benzene rings is 1. The molecule has 3 rings (SSSR count). The summed E-state index contributed by atoms with van der Waals surface area (Å²) in [6, 6.07) is 7.79. The van der Waals surface area contributed by atoms with E-state index in [2.05, 4.69) is 22.9 Å². The second kappa shape index (κ2) is 10.4. The van der Waals surface area contributed by atoms with Crippen LogP contribution in [0.4, 0.5) is 10.5 Å². The first kappa shape index (κ1) is 19.8. The van der Waals surface area contributed by atoms with E-state index in [1.807, 2.05) is 24.3 Å². The van der Waals surface area contributed by atoms with Crippen molar-refractivity contribution in [1.29, 1.82) is 0 Å². The van der Waals surface area contributed by atoms with Crippen LogP contribution < -0.4 is 10.6 Å². The van der Waals surface area contributed by atoms with Crippen molar-refractivity contribution in [2.24, 2.45) is 5.92 Å². The third-order valence-corrected chi connectivity index (χ3v) is 5.82. The first-order valence-corrected chi connectivity index (χ1v) is 10.8.